The summed E-state index contributed by atoms with van der Waals surface area (Å²) in [5.41, 5.74) is 0.709. The summed E-state index contributed by atoms with van der Waals surface area (Å²) in [6, 6.07) is 7.21. The number of amides is 2. The van der Waals surface area contributed by atoms with Gasteiger partial charge in [0, 0.05) is 30.9 Å². The third-order valence-corrected chi connectivity index (χ3v) is 7.86. The van der Waals surface area contributed by atoms with E-state index >= 15 is 0 Å². The number of nitrogens with one attached hydrogen (secondary N) is 2. The fourth-order valence-corrected chi connectivity index (χ4v) is 4.67. The van der Waals surface area contributed by atoms with Crippen LogP contribution >= 0.6 is 0 Å². The summed E-state index contributed by atoms with van der Waals surface area (Å²) in [5, 5.41) is 2.93. The summed E-state index contributed by atoms with van der Waals surface area (Å²) in [4.78, 5) is 14.3. The molecule has 0 spiro atoms. The average Bonchev–Trinajstić information content (AvgIpc) is 3.14. The lowest BCUT2D eigenvalue weighted by molar-refractivity contribution is 0.193. The van der Waals surface area contributed by atoms with E-state index < -0.39 is 14.8 Å². The topological polar surface area (TPSA) is 87.7 Å². The van der Waals surface area contributed by atoms with Gasteiger partial charge in [-0.15, -0.1) is 0 Å². The molecule has 1 heterocycles. The number of carbonyl (C=O) groups excluding carboxylic acids is 1. The van der Waals surface area contributed by atoms with Gasteiger partial charge >= 0.3 is 6.03 Å². The summed E-state index contributed by atoms with van der Waals surface area (Å²) >= 11 is 0. The van der Waals surface area contributed by atoms with Crippen LogP contribution in [0.3, 0.4) is 0 Å². The highest BCUT2D eigenvalue weighted by Gasteiger charge is 2.33. The molecule has 1 aromatic rings. The maximum atomic E-state index is 12.6. The van der Waals surface area contributed by atoms with Gasteiger partial charge in [-0.25, -0.2) is 17.9 Å². The Balaban J connectivity index is 1.50. The van der Waals surface area contributed by atoms with Gasteiger partial charge in [-0.3, -0.25) is 0 Å². The summed E-state index contributed by atoms with van der Waals surface area (Å²) in [6.07, 6.45) is 6.08. The quantitative estimate of drug-likeness (QED) is 0.755. The van der Waals surface area contributed by atoms with Crippen molar-refractivity contribution in [2.75, 3.05) is 18.4 Å². The minimum Gasteiger partial charge on any atom is -0.490 e. The molecule has 0 radical (unpaired) electrons. The van der Waals surface area contributed by atoms with Crippen molar-refractivity contribution in [3.63, 3.8) is 0 Å². The van der Waals surface area contributed by atoms with Crippen LogP contribution in [0.25, 0.3) is 0 Å². The Morgan fingerprint density at radius 3 is 2.38 bits per heavy atom. The van der Waals surface area contributed by atoms with Gasteiger partial charge in [0.25, 0.3) is 0 Å². The van der Waals surface area contributed by atoms with Crippen LogP contribution in [0.1, 0.15) is 59.3 Å². The number of likely N-dealkylation sites (tertiary alicyclic amines) is 1. The van der Waals surface area contributed by atoms with Crippen LogP contribution < -0.4 is 14.8 Å². The molecule has 1 aromatic carbocycles. The monoisotopic (exact) mass is 423 g/mol. The Hall–Kier alpha value is -1.80. The van der Waals surface area contributed by atoms with E-state index in [1.807, 2.05) is 24.3 Å². The van der Waals surface area contributed by atoms with Crippen LogP contribution in [0, 0.1) is 0 Å². The number of anilines is 1. The van der Waals surface area contributed by atoms with Crippen molar-refractivity contribution < 1.29 is 17.9 Å². The minimum atomic E-state index is -3.38. The Kier molecular flexibility index (Phi) is 6.73. The molecule has 2 fully saturated rings. The fraction of sp³-hybridized carbons (Fsp3) is 0.667. The average molecular weight is 424 g/mol. The molecule has 7 nitrogen and oxygen atoms in total. The lowest BCUT2D eigenvalue weighted by Gasteiger charge is -2.33. The second-order valence-electron chi connectivity index (χ2n) is 8.98. The van der Waals surface area contributed by atoms with E-state index in [4.69, 9.17) is 4.74 Å². The number of ether oxygens (including phenoxy) is 1. The fourth-order valence-electron chi connectivity index (χ4n) is 3.64. The lowest BCUT2D eigenvalue weighted by atomic mass is 10.1. The van der Waals surface area contributed by atoms with Crippen molar-refractivity contribution in [1.82, 2.24) is 9.62 Å². The molecule has 1 saturated heterocycles. The smallest absolute Gasteiger partial charge is 0.321 e. The van der Waals surface area contributed by atoms with E-state index in [-0.39, 0.29) is 18.2 Å². The van der Waals surface area contributed by atoms with Crippen LogP contribution in [0.4, 0.5) is 10.5 Å². The molecule has 2 aliphatic rings. The molecular weight excluding hydrogens is 390 g/mol. The number of carbonyl (C=O) groups is 1. The van der Waals surface area contributed by atoms with E-state index in [9.17, 15) is 13.2 Å². The second-order valence-corrected chi connectivity index (χ2v) is 11.4. The Bertz CT molecular complexity index is 805. The van der Waals surface area contributed by atoms with Crippen LogP contribution in [0.15, 0.2) is 24.3 Å². The SMILES string of the molecule is CC(C)(C)S(=O)(=O)NC1CCN(C(=O)Nc2cccc(OC3CCCC3)c2)CC1. The zero-order chi connectivity index (χ0) is 21.1. The molecule has 8 heteroatoms. The van der Waals surface area contributed by atoms with Crippen molar-refractivity contribution in [3.05, 3.63) is 24.3 Å². The molecule has 1 aliphatic heterocycles. The molecule has 3 rings (SSSR count). The van der Waals surface area contributed by atoms with Crippen LogP contribution in [0.2, 0.25) is 0 Å². The molecule has 0 bridgehead atoms. The van der Waals surface area contributed by atoms with E-state index in [0.29, 0.717) is 31.6 Å². The maximum Gasteiger partial charge on any atom is 0.321 e. The molecule has 2 N–H and O–H groups in total. The van der Waals surface area contributed by atoms with Gasteiger partial charge in [0.1, 0.15) is 5.75 Å². The van der Waals surface area contributed by atoms with Gasteiger partial charge in [0.2, 0.25) is 10.0 Å². The van der Waals surface area contributed by atoms with Gasteiger partial charge in [-0.05, 0) is 71.4 Å². The van der Waals surface area contributed by atoms with Gasteiger partial charge in [0.15, 0.2) is 0 Å². The number of sulfonamides is 1. The summed E-state index contributed by atoms with van der Waals surface area (Å²) in [6.45, 7) is 6.08. The highest BCUT2D eigenvalue weighted by Crippen LogP contribution is 2.26. The number of hydrogen-bond acceptors (Lipinski definition) is 4. The number of benzene rings is 1. The summed E-state index contributed by atoms with van der Waals surface area (Å²) in [5.74, 6) is 0.782. The van der Waals surface area contributed by atoms with Crippen molar-refractivity contribution >= 4 is 21.7 Å². The Morgan fingerprint density at radius 2 is 1.76 bits per heavy atom. The van der Waals surface area contributed by atoms with Crippen LogP contribution in [0.5, 0.6) is 5.75 Å². The third-order valence-electron chi connectivity index (χ3n) is 5.60. The Labute approximate surface area is 174 Å². The zero-order valence-corrected chi connectivity index (χ0v) is 18.4. The predicted octanol–water partition coefficient (Wildman–Crippen LogP) is 3.72. The highest BCUT2D eigenvalue weighted by molar-refractivity contribution is 7.90. The predicted molar refractivity (Wildman–Crippen MR) is 115 cm³/mol. The van der Waals surface area contributed by atoms with Crippen LogP contribution in [-0.4, -0.2) is 49.3 Å². The second kappa shape index (κ2) is 8.92. The summed E-state index contributed by atoms with van der Waals surface area (Å²) < 4.78 is 32.6. The molecule has 1 saturated carbocycles. The number of piperidine rings is 1. The Morgan fingerprint density at radius 1 is 1.10 bits per heavy atom. The van der Waals surface area contributed by atoms with Gasteiger partial charge in [0.05, 0.1) is 10.9 Å². The first kappa shape index (κ1) is 21.9. The first-order valence-corrected chi connectivity index (χ1v) is 12.0. The first-order chi connectivity index (χ1) is 13.6. The largest absolute Gasteiger partial charge is 0.490 e. The third kappa shape index (κ3) is 5.85. The molecule has 0 atom stereocenters. The maximum absolute atomic E-state index is 12.6. The number of hydrogen-bond donors (Lipinski definition) is 2. The molecular formula is C21H33N3O4S. The molecule has 29 heavy (non-hydrogen) atoms. The lowest BCUT2D eigenvalue weighted by Crippen LogP contribution is -2.50. The van der Waals surface area contributed by atoms with Crippen molar-refractivity contribution in [1.29, 1.82) is 0 Å². The van der Waals surface area contributed by atoms with E-state index in [2.05, 4.69) is 10.0 Å². The molecule has 0 aromatic heterocycles. The normalized spacial score (nSPS) is 19.3. The zero-order valence-electron chi connectivity index (χ0n) is 17.6. The highest BCUT2D eigenvalue weighted by atomic mass is 32.2. The van der Waals surface area contributed by atoms with Crippen molar-refractivity contribution in [2.45, 2.75) is 76.2 Å². The van der Waals surface area contributed by atoms with E-state index in [1.165, 1.54) is 12.8 Å². The standard InChI is InChI=1S/C21H33N3O4S/c1-21(2,3)29(26,27)23-16-11-13-24(14-12-16)20(25)22-17-7-6-10-19(15-17)28-18-8-4-5-9-18/h6-7,10,15-16,18,23H,4-5,8-9,11-14H2,1-3H3,(H,22,25). The van der Waals surface area contributed by atoms with Crippen molar-refractivity contribution in [2.24, 2.45) is 0 Å². The molecule has 1 aliphatic carbocycles. The molecule has 2 amide bonds. The van der Waals surface area contributed by atoms with Gasteiger partial charge < -0.3 is 15.0 Å². The minimum absolute atomic E-state index is 0.133. The van der Waals surface area contributed by atoms with Gasteiger partial charge in [-0.2, -0.15) is 0 Å². The number of urea groups is 1. The summed E-state index contributed by atoms with van der Waals surface area (Å²) in [7, 11) is -3.38. The van der Waals surface area contributed by atoms with E-state index in [0.717, 1.165) is 18.6 Å². The number of rotatable bonds is 5. The van der Waals surface area contributed by atoms with Crippen LogP contribution in [-0.2, 0) is 10.0 Å². The number of nitrogens with zero attached hydrogens (tertiary/aromatic N) is 1. The first-order valence-electron chi connectivity index (χ1n) is 10.5. The van der Waals surface area contributed by atoms with E-state index in [1.54, 1.807) is 25.7 Å². The van der Waals surface area contributed by atoms with Gasteiger partial charge in [-0.1, -0.05) is 6.07 Å². The molecule has 0 unspecified atom stereocenters. The van der Waals surface area contributed by atoms with Crippen molar-refractivity contribution in [3.8, 4) is 5.75 Å². The molecule has 162 valence electrons.